The Hall–Kier alpha value is -1.84. The van der Waals surface area contributed by atoms with Crippen molar-refractivity contribution in [2.75, 3.05) is 7.11 Å². The first kappa shape index (κ1) is 14.6. The fraction of sp³-hybridized carbons (Fsp3) is 0.188. The molecule has 0 bridgehead atoms. The Kier molecular flexibility index (Phi) is 5.16. The van der Waals surface area contributed by atoms with Crippen molar-refractivity contribution in [1.82, 2.24) is 5.32 Å². The lowest BCUT2D eigenvalue weighted by Crippen LogP contribution is -2.16. The first-order valence-electron chi connectivity index (χ1n) is 6.32. The SMILES string of the molecule is COC(=O)c1ccccc1CNCc1cccc(Cl)c1. The van der Waals surface area contributed by atoms with Crippen LogP contribution in [0.2, 0.25) is 5.02 Å². The van der Waals surface area contributed by atoms with Crippen LogP contribution in [0.25, 0.3) is 0 Å². The second-order valence-electron chi connectivity index (χ2n) is 4.38. The maximum Gasteiger partial charge on any atom is 0.338 e. The molecule has 4 heteroatoms. The predicted octanol–water partition coefficient (Wildman–Crippen LogP) is 3.42. The maximum atomic E-state index is 11.6. The van der Waals surface area contributed by atoms with Gasteiger partial charge in [-0.15, -0.1) is 0 Å². The van der Waals surface area contributed by atoms with Crippen LogP contribution in [-0.4, -0.2) is 13.1 Å². The van der Waals surface area contributed by atoms with E-state index in [0.717, 1.165) is 16.1 Å². The third-order valence-electron chi connectivity index (χ3n) is 2.96. The summed E-state index contributed by atoms with van der Waals surface area (Å²) in [6, 6.07) is 15.1. The third-order valence-corrected chi connectivity index (χ3v) is 3.19. The number of hydrogen-bond donors (Lipinski definition) is 1. The van der Waals surface area contributed by atoms with Gasteiger partial charge in [0.1, 0.15) is 0 Å². The van der Waals surface area contributed by atoms with Crippen LogP contribution in [0.3, 0.4) is 0 Å². The van der Waals surface area contributed by atoms with Crippen molar-refractivity contribution in [3.8, 4) is 0 Å². The van der Waals surface area contributed by atoms with E-state index in [1.807, 2.05) is 42.5 Å². The minimum absolute atomic E-state index is 0.315. The third kappa shape index (κ3) is 3.83. The van der Waals surface area contributed by atoms with E-state index >= 15 is 0 Å². The molecule has 0 atom stereocenters. The Morgan fingerprint density at radius 2 is 1.95 bits per heavy atom. The number of methoxy groups -OCH3 is 1. The molecule has 1 N–H and O–H groups in total. The minimum atomic E-state index is -0.315. The molecule has 20 heavy (non-hydrogen) atoms. The zero-order valence-corrected chi connectivity index (χ0v) is 12.0. The van der Waals surface area contributed by atoms with Gasteiger partial charge in [-0.25, -0.2) is 4.79 Å². The molecular weight excluding hydrogens is 274 g/mol. The van der Waals surface area contributed by atoms with Crippen LogP contribution >= 0.6 is 11.6 Å². The van der Waals surface area contributed by atoms with E-state index in [1.54, 1.807) is 6.07 Å². The Morgan fingerprint density at radius 3 is 2.70 bits per heavy atom. The average molecular weight is 290 g/mol. The van der Waals surface area contributed by atoms with Gasteiger partial charge in [-0.05, 0) is 29.3 Å². The van der Waals surface area contributed by atoms with Crippen LogP contribution in [0.5, 0.6) is 0 Å². The lowest BCUT2D eigenvalue weighted by molar-refractivity contribution is 0.0599. The number of carbonyl (C=O) groups is 1. The van der Waals surface area contributed by atoms with Gasteiger partial charge in [0.25, 0.3) is 0 Å². The van der Waals surface area contributed by atoms with Gasteiger partial charge in [-0.1, -0.05) is 41.9 Å². The molecule has 0 saturated heterocycles. The van der Waals surface area contributed by atoms with Crippen molar-refractivity contribution >= 4 is 17.6 Å². The van der Waals surface area contributed by atoms with Crippen molar-refractivity contribution in [2.24, 2.45) is 0 Å². The maximum absolute atomic E-state index is 11.6. The van der Waals surface area contributed by atoms with Crippen molar-refractivity contribution in [3.63, 3.8) is 0 Å². The van der Waals surface area contributed by atoms with Crippen LogP contribution in [0, 0.1) is 0 Å². The van der Waals surface area contributed by atoms with Crippen molar-refractivity contribution in [1.29, 1.82) is 0 Å². The molecule has 0 fully saturated rings. The van der Waals surface area contributed by atoms with Gasteiger partial charge >= 0.3 is 5.97 Å². The molecule has 0 aliphatic carbocycles. The number of carbonyl (C=O) groups excluding carboxylic acids is 1. The molecule has 2 aromatic carbocycles. The number of halogens is 1. The summed E-state index contributed by atoms with van der Waals surface area (Å²) in [7, 11) is 1.39. The van der Waals surface area contributed by atoms with E-state index in [1.165, 1.54) is 7.11 Å². The standard InChI is InChI=1S/C16H16ClNO2/c1-20-16(19)15-8-3-2-6-13(15)11-18-10-12-5-4-7-14(17)9-12/h2-9,18H,10-11H2,1H3. The summed E-state index contributed by atoms with van der Waals surface area (Å²) in [6.07, 6.45) is 0. The summed E-state index contributed by atoms with van der Waals surface area (Å²) in [4.78, 5) is 11.6. The summed E-state index contributed by atoms with van der Waals surface area (Å²) in [5, 5.41) is 4.02. The summed E-state index contributed by atoms with van der Waals surface area (Å²) in [6.45, 7) is 1.29. The highest BCUT2D eigenvalue weighted by Gasteiger charge is 2.10. The molecule has 0 heterocycles. The Bertz CT molecular complexity index is 599. The molecule has 3 nitrogen and oxygen atoms in total. The van der Waals surface area contributed by atoms with Crippen molar-refractivity contribution < 1.29 is 9.53 Å². The smallest absolute Gasteiger partial charge is 0.338 e. The van der Waals surface area contributed by atoms with Gasteiger partial charge < -0.3 is 10.1 Å². The number of ether oxygens (including phenoxy) is 1. The van der Waals surface area contributed by atoms with Crippen LogP contribution in [0.1, 0.15) is 21.5 Å². The predicted molar refractivity (Wildman–Crippen MR) is 79.8 cm³/mol. The molecule has 0 radical (unpaired) electrons. The van der Waals surface area contributed by atoms with Crippen LogP contribution in [0.15, 0.2) is 48.5 Å². The fourth-order valence-corrected chi connectivity index (χ4v) is 2.18. The van der Waals surface area contributed by atoms with Gasteiger partial charge in [-0.2, -0.15) is 0 Å². The largest absolute Gasteiger partial charge is 0.465 e. The Balaban J connectivity index is 1.99. The highest BCUT2D eigenvalue weighted by atomic mass is 35.5. The zero-order chi connectivity index (χ0) is 14.4. The summed E-state index contributed by atoms with van der Waals surface area (Å²) < 4.78 is 4.77. The van der Waals surface area contributed by atoms with E-state index in [2.05, 4.69) is 5.32 Å². The number of hydrogen-bond acceptors (Lipinski definition) is 3. The van der Waals surface area contributed by atoms with Gasteiger partial charge in [-0.3, -0.25) is 0 Å². The molecule has 0 saturated carbocycles. The number of rotatable bonds is 5. The van der Waals surface area contributed by atoms with Gasteiger partial charge in [0.15, 0.2) is 0 Å². The van der Waals surface area contributed by atoms with Crippen molar-refractivity contribution in [2.45, 2.75) is 13.1 Å². The molecule has 2 rings (SSSR count). The molecule has 0 amide bonds. The van der Waals surface area contributed by atoms with E-state index in [0.29, 0.717) is 18.7 Å². The van der Waals surface area contributed by atoms with Crippen molar-refractivity contribution in [3.05, 3.63) is 70.2 Å². The first-order chi connectivity index (χ1) is 9.70. The minimum Gasteiger partial charge on any atom is -0.465 e. The highest BCUT2D eigenvalue weighted by molar-refractivity contribution is 6.30. The average Bonchev–Trinajstić information content (AvgIpc) is 2.47. The van der Waals surface area contributed by atoms with Gasteiger partial charge in [0.05, 0.1) is 12.7 Å². The summed E-state index contributed by atoms with van der Waals surface area (Å²) >= 11 is 5.94. The number of esters is 1. The molecule has 2 aromatic rings. The van der Waals surface area contributed by atoms with Crippen LogP contribution in [-0.2, 0) is 17.8 Å². The first-order valence-corrected chi connectivity index (χ1v) is 6.70. The summed E-state index contributed by atoms with van der Waals surface area (Å²) in [5.41, 5.74) is 2.61. The van der Waals surface area contributed by atoms with Gasteiger partial charge in [0.2, 0.25) is 0 Å². The fourth-order valence-electron chi connectivity index (χ4n) is 1.97. The summed E-state index contributed by atoms with van der Waals surface area (Å²) in [5.74, 6) is -0.315. The lowest BCUT2D eigenvalue weighted by atomic mass is 10.1. The normalized spacial score (nSPS) is 10.3. The van der Waals surface area contributed by atoms with E-state index in [-0.39, 0.29) is 5.97 Å². The number of nitrogens with one attached hydrogen (secondary N) is 1. The molecular formula is C16H16ClNO2. The van der Waals surface area contributed by atoms with E-state index in [4.69, 9.17) is 16.3 Å². The number of benzene rings is 2. The molecule has 0 aliphatic rings. The second kappa shape index (κ2) is 7.08. The lowest BCUT2D eigenvalue weighted by Gasteiger charge is -2.09. The highest BCUT2D eigenvalue weighted by Crippen LogP contribution is 2.12. The monoisotopic (exact) mass is 289 g/mol. The van der Waals surface area contributed by atoms with Crippen LogP contribution < -0.4 is 5.32 Å². The van der Waals surface area contributed by atoms with Crippen LogP contribution in [0.4, 0.5) is 0 Å². The Labute approximate surface area is 123 Å². The van der Waals surface area contributed by atoms with E-state index in [9.17, 15) is 4.79 Å². The quantitative estimate of drug-likeness (QED) is 0.857. The second-order valence-corrected chi connectivity index (χ2v) is 4.82. The zero-order valence-electron chi connectivity index (χ0n) is 11.2. The molecule has 104 valence electrons. The Morgan fingerprint density at radius 1 is 1.15 bits per heavy atom. The molecule has 0 spiro atoms. The topological polar surface area (TPSA) is 38.3 Å². The molecule has 0 unspecified atom stereocenters. The molecule has 0 aromatic heterocycles. The molecule has 0 aliphatic heterocycles. The van der Waals surface area contributed by atoms with Gasteiger partial charge in [0, 0.05) is 18.1 Å². The van der Waals surface area contributed by atoms with E-state index < -0.39 is 0 Å².